The fraction of sp³-hybridized carbons (Fsp3) is 0.600. The van der Waals surface area contributed by atoms with Crippen LogP contribution in [0.2, 0.25) is 0 Å². The molecule has 0 radical (unpaired) electrons. The number of hydrogen-bond donors (Lipinski definition) is 2. The fourth-order valence-electron chi connectivity index (χ4n) is 3.05. The number of benzene rings is 1. The predicted octanol–water partition coefficient (Wildman–Crippen LogP) is 0.706. The normalized spacial score (nSPS) is 14.8. The number of halogens is 2. The van der Waals surface area contributed by atoms with E-state index in [4.69, 9.17) is 15.2 Å². The van der Waals surface area contributed by atoms with Gasteiger partial charge >= 0.3 is 0 Å². The molecule has 8 nitrogen and oxygen atoms in total. The Balaban J connectivity index is 0.00000420. The monoisotopic (exact) mass is 464 g/mol. The Morgan fingerprint density at radius 2 is 1.77 bits per heavy atom. The Labute approximate surface area is 191 Å². The summed E-state index contributed by atoms with van der Waals surface area (Å²) in [7, 11) is 1.52. The maximum atomic E-state index is 11.7. The zero-order valence-corrected chi connectivity index (χ0v) is 19.3. The molecule has 30 heavy (non-hydrogen) atoms. The first-order chi connectivity index (χ1) is 13.5. The van der Waals surface area contributed by atoms with E-state index in [1.165, 1.54) is 7.11 Å². The van der Waals surface area contributed by atoms with E-state index in [9.17, 15) is 9.59 Å². The minimum absolute atomic E-state index is 0. The Kier molecular flexibility index (Phi) is 14.5. The van der Waals surface area contributed by atoms with Gasteiger partial charge in [0, 0.05) is 53.3 Å². The molecule has 1 unspecified atom stereocenters. The lowest BCUT2D eigenvalue weighted by Gasteiger charge is -2.34. The van der Waals surface area contributed by atoms with Gasteiger partial charge in [-0.25, -0.2) is 0 Å². The van der Waals surface area contributed by atoms with Crippen molar-refractivity contribution in [2.75, 3.05) is 59.6 Å². The fourth-order valence-corrected chi connectivity index (χ4v) is 3.05. The molecule has 1 aliphatic heterocycles. The van der Waals surface area contributed by atoms with E-state index in [1.807, 2.05) is 29.2 Å². The van der Waals surface area contributed by atoms with Crippen molar-refractivity contribution in [2.45, 2.75) is 19.4 Å². The molecule has 0 bridgehead atoms. The summed E-state index contributed by atoms with van der Waals surface area (Å²) >= 11 is 0. The zero-order valence-electron chi connectivity index (χ0n) is 17.7. The third kappa shape index (κ3) is 9.95. The molecular formula is C20H34Cl2N4O4. The van der Waals surface area contributed by atoms with Crippen molar-refractivity contribution in [2.24, 2.45) is 5.73 Å². The lowest BCUT2D eigenvalue weighted by molar-refractivity contribution is -0.130. The van der Waals surface area contributed by atoms with E-state index < -0.39 is 6.04 Å². The molecule has 0 aromatic heterocycles. The van der Waals surface area contributed by atoms with Crippen LogP contribution in [-0.2, 0) is 20.7 Å². The van der Waals surface area contributed by atoms with Crippen molar-refractivity contribution in [3.8, 4) is 5.75 Å². The molecule has 0 aliphatic carbocycles. The van der Waals surface area contributed by atoms with Crippen molar-refractivity contribution in [1.29, 1.82) is 0 Å². The van der Waals surface area contributed by atoms with Gasteiger partial charge in [0.1, 0.15) is 18.4 Å². The molecule has 10 heteroatoms. The molecule has 0 saturated carbocycles. The average Bonchev–Trinajstić information content (AvgIpc) is 2.69. The highest BCUT2D eigenvalue weighted by atomic mass is 35.5. The summed E-state index contributed by atoms with van der Waals surface area (Å²) in [5.74, 6) is 0.775. The van der Waals surface area contributed by atoms with Crippen molar-refractivity contribution in [1.82, 2.24) is 15.1 Å². The molecule has 1 aliphatic rings. The molecule has 2 amide bonds. The SMILES string of the molecule is COCC(N)C(=O)NCCc1ccc(OCCN2CCN(C(C)=O)CC2)cc1.Cl.Cl. The summed E-state index contributed by atoms with van der Waals surface area (Å²) in [6.45, 7) is 7.19. The molecule has 1 atom stereocenters. The van der Waals surface area contributed by atoms with E-state index in [1.54, 1.807) is 6.92 Å². The molecule has 1 saturated heterocycles. The van der Waals surface area contributed by atoms with Gasteiger partial charge in [-0.15, -0.1) is 24.8 Å². The molecule has 1 fully saturated rings. The molecule has 3 N–H and O–H groups in total. The van der Waals surface area contributed by atoms with Gasteiger partial charge in [-0.05, 0) is 24.1 Å². The molecule has 2 rings (SSSR count). The Hall–Kier alpha value is -1.58. The topological polar surface area (TPSA) is 97.1 Å². The van der Waals surface area contributed by atoms with Gasteiger partial charge in [-0.3, -0.25) is 14.5 Å². The molecular weight excluding hydrogens is 431 g/mol. The summed E-state index contributed by atoms with van der Waals surface area (Å²) in [4.78, 5) is 27.2. The van der Waals surface area contributed by atoms with E-state index in [0.29, 0.717) is 13.2 Å². The van der Waals surface area contributed by atoms with Crippen LogP contribution >= 0.6 is 24.8 Å². The first-order valence-corrected chi connectivity index (χ1v) is 9.71. The average molecular weight is 465 g/mol. The number of carbonyl (C=O) groups excluding carboxylic acids is 2. The smallest absolute Gasteiger partial charge is 0.239 e. The quantitative estimate of drug-likeness (QED) is 0.528. The van der Waals surface area contributed by atoms with Crippen molar-refractivity contribution < 1.29 is 19.1 Å². The minimum Gasteiger partial charge on any atom is -0.492 e. The van der Waals surface area contributed by atoms with Crippen molar-refractivity contribution in [3.63, 3.8) is 0 Å². The van der Waals surface area contributed by atoms with Crippen molar-refractivity contribution >= 4 is 36.6 Å². The van der Waals surface area contributed by atoms with E-state index >= 15 is 0 Å². The number of methoxy groups -OCH3 is 1. The van der Waals surface area contributed by atoms with E-state index in [-0.39, 0.29) is 43.2 Å². The van der Waals surface area contributed by atoms with Crippen LogP contribution < -0.4 is 15.8 Å². The summed E-state index contributed by atoms with van der Waals surface area (Å²) in [5.41, 5.74) is 6.79. The second kappa shape index (κ2) is 15.3. The number of hydrogen-bond acceptors (Lipinski definition) is 6. The number of nitrogens with one attached hydrogen (secondary N) is 1. The van der Waals surface area contributed by atoms with Crippen LogP contribution in [0.1, 0.15) is 12.5 Å². The summed E-state index contributed by atoms with van der Waals surface area (Å²) in [5, 5.41) is 2.81. The largest absolute Gasteiger partial charge is 0.492 e. The van der Waals surface area contributed by atoms with Gasteiger partial charge in [0.15, 0.2) is 0 Å². The third-order valence-corrected chi connectivity index (χ3v) is 4.81. The number of amides is 2. The summed E-state index contributed by atoms with van der Waals surface area (Å²) in [6, 6.07) is 7.26. The number of nitrogens with two attached hydrogens (primary N) is 1. The molecule has 1 aromatic rings. The van der Waals surface area contributed by atoms with Gasteiger partial charge < -0.3 is 25.4 Å². The van der Waals surface area contributed by atoms with Crippen LogP contribution in [0.5, 0.6) is 5.75 Å². The molecule has 0 spiro atoms. The van der Waals surface area contributed by atoms with Gasteiger partial charge in [-0.1, -0.05) is 12.1 Å². The lowest BCUT2D eigenvalue weighted by Crippen LogP contribution is -2.48. The van der Waals surface area contributed by atoms with Gasteiger partial charge in [0.25, 0.3) is 0 Å². The standard InChI is InChI=1S/C20H32N4O4.2ClH/c1-16(25)24-11-9-23(10-12-24)13-14-28-18-5-3-17(4-6-18)7-8-22-20(26)19(21)15-27-2;;/h3-6,19H,7-15,21H2,1-2H3,(H,22,26);2*1H. The highest BCUT2D eigenvalue weighted by Gasteiger charge is 2.18. The van der Waals surface area contributed by atoms with Gasteiger partial charge in [0.05, 0.1) is 6.61 Å². The summed E-state index contributed by atoms with van der Waals surface area (Å²) < 4.78 is 10.7. The van der Waals surface area contributed by atoms with Crippen LogP contribution in [0.3, 0.4) is 0 Å². The highest BCUT2D eigenvalue weighted by Crippen LogP contribution is 2.12. The number of nitrogens with zero attached hydrogens (tertiary/aromatic N) is 2. The number of piperazine rings is 1. The number of carbonyl (C=O) groups is 2. The second-order valence-corrected chi connectivity index (χ2v) is 6.94. The van der Waals surface area contributed by atoms with Gasteiger partial charge in [0.2, 0.25) is 11.8 Å². The first-order valence-electron chi connectivity index (χ1n) is 9.71. The third-order valence-electron chi connectivity index (χ3n) is 4.81. The predicted molar refractivity (Wildman–Crippen MR) is 122 cm³/mol. The first kappa shape index (κ1) is 28.4. The van der Waals surface area contributed by atoms with E-state index in [0.717, 1.165) is 50.5 Å². The lowest BCUT2D eigenvalue weighted by atomic mass is 10.1. The van der Waals surface area contributed by atoms with Gasteiger partial charge in [-0.2, -0.15) is 0 Å². The second-order valence-electron chi connectivity index (χ2n) is 6.94. The van der Waals surface area contributed by atoms with Crippen LogP contribution in [-0.4, -0.2) is 87.2 Å². The molecule has 172 valence electrons. The highest BCUT2D eigenvalue weighted by molar-refractivity contribution is 5.85. The Bertz CT molecular complexity index is 626. The van der Waals surface area contributed by atoms with Crippen LogP contribution in [0, 0.1) is 0 Å². The zero-order chi connectivity index (χ0) is 20.4. The van der Waals surface area contributed by atoms with E-state index in [2.05, 4.69) is 10.2 Å². The van der Waals surface area contributed by atoms with Crippen LogP contribution in [0.4, 0.5) is 0 Å². The van der Waals surface area contributed by atoms with Crippen molar-refractivity contribution in [3.05, 3.63) is 29.8 Å². The number of ether oxygens (including phenoxy) is 2. The molecule has 1 aromatic carbocycles. The minimum atomic E-state index is -0.633. The Morgan fingerprint density at radius 3 is 2.33 bits per heavy atom. The number of rotatable bonds is 10. The van der Waals surface area contributed by atoms with Crippen LogP contribution in [0.25, 0.3) is 0 Å². The molecule has 1 heterocycles. The maximum Gasteiger partial charge on any atom is 0.239 e. The Morgan fingerprint density at radius 1 is 1.13 bits per heavy atom. The van der Waals surface area contributed by atoms with Crippen LogP contribution in [0.15, 0.2) is 24.3 Å². The maximum absolute atomic E-state index is 11.7. The summed E-state index contributed by atoms with van der Waals surface area (Å²) in [6.07, 6.45) is 0.728.